The molecule has 0 bridgehead atoms. The molecule has 1 fully saturated rings. The van der Waals surface area contributed by atoms with Crippen LogP contribution in [0.2, 0.25) is 5.02 Å². The van der Waals surface area contributed by atoms with Crippen molar-refractivity contribution in [2.45, 2.75) is 30.7 Å². The third-order valence-corrected chi connectivity index (χ3v) is 11.6. The Morgan fingerprint density at radius 1 is 0.912 bits per heavy atom. The maximum Gasteiger partial charge on any atom is 0.268 e. The van der Waals surface area contributed by atoms with Crippen LogP contribution < -0.4 is 36.0 Å². The molecule has 0 aromatic heterocycles. The van der Waals surface area contributed by atoms with Crippen LogP contribution in [0.3, 0.4) is 0 Å². The number of carbonyl (C=O) groups excluding carboxylic acids is 1. The second kappa shape index (κ2) is 18.4. The molecule has 5 aromatic rings. The number of quaternary nitrogens is 1. The Balaban J connectivity index is 1.04. The number of ether oxygens (including phenoxy) is 2. The molecule has 0 saturated carbocycles. The van der Waals surface area contributed by atoms with Crippen molar-refractivity contribution in [2.75, 3.05) is 55.3 Å². The molecule has 0 unspecified atom stereocenters. The number of hydrogen-bond acceptors (Lipinski definition) is 11. The molecule has 5 aromatic carbocycles. The number of halogens is 1. The third-order valence-electron chi connectivity index (χ3n) is 10.0. The first-order valence-electron chi connectivity index (χ1n) is 18.8. The molecule has 0 atom stereocenters. The van der Waals surface area contributed by atoms with Gasteiger partial charge in [0.2, 0.25) is 0 Å². The molecule has 298 valence electrons. The molecule has 6 N–H and O–H groups in total. The van der Waals surface area contributed by atoms with E-state index in [4.69, 9.17) is 21.1 Å². The fraction of sp³-hybridized carbons (Fsp3) is 0.262. The highest BCUT2D eigenvalue weighted by Gasteiger charge is 2.25. The molecule has 57 heavy (non-hydrogen) atoms. The summed E-state index contributed by atoms with van der Waals surface area (Å²) >= 11 is 6.10. The van der Waals surface area contributed by atoms with Gasteiger partial charge >= 0.3 is 0 Å². The van der Waals surface area contributed by atoms with Crippen molar-refractivity contribution in [1.29, 1.82) is 0 Å². The zero-order chi connectivity index (χ0) is 39.8. The largest absolute Gasteiger partial charge is 0.628 e. The monoisotopic (exact) mass is 811 g/mol. The quantitative estimate of drug-likeness (QED) is 0.0477. The number of rotatable bonds is 16. The fourth-order valence-electron chi connectivity index (χ4n) is 6.93. The Bertz CT molecular complexity index is 2300. The van der Waals surface area contributed by atoms with Gasteiger partial charge in [0.25, 0.3) is 15.9 Å². The molecule has 7 rings (SSSR count). The van der Waals surface area contributed by atoms with Crippen molar-refractivity contribution in [3.8, 4) is 22.6 Å². The number of nitrogens with one attached hydrogen (secondary N) is 6. The van der Waals surface area contributed by atoms with E-state index in [9.17, 15) is 23.6 Å². The van der Waals surface area contributed by atoms with Crippen LogP contribution in [0.15, 0.2) is 108 Å². The average Bonchev–Trinajstić information content (AvgIpc) is 3.69. The van der Waals surface area contributed by atoms with Crippen molar-refractivity contribution in [3.63, 3.8) is 0 Å². The van der Waals surface area contributed by atoms with E-state index in [0.717, 1.165) is 59.8 Å². The van der Waals surface area contributed by atoms with E-state index in [1.807, 2.05) is 48.5 Å². The first-order chi connectivity index (χ1) is 27.6. The van der Waals surface area contributed by atoms with Gasteiger partial charge in [-0.25, -0.2) is 13.1 Å². The fourth-order valence-corrected chi connectivity index (χ4v) is 8.05. The number of fused-ring (bicyclic) bond motifs is 1. The predicted molar refractivity (Wildman–Crippen MR) is 223 cm³/mol. The Morgan fingerprint density at radius 2 is 1.72 bits per heavy atom. The van der Waals surface area contributed by atoms with E-state index in [1.165, 1.54) is 18.2 Å². The normalized spacial score (nSPS) is 14.2. The summed E-state index contributed by atoms with van der Waals surface area (Å²) in [4.78, 5) is 13.3. The molecule has 1 amide bonds. The van der Waals surface area contributed by atoms with Crippen LogP contribution in [-0.4, -0.2) is 53.7 Å². The molecule has 0 spiro atoms. The van der Waals surface area contributed by atoms with Crippen LogP contribution in [0.4, 0.5) is 22.7 Å². The number of benzene rings is 5. The van der Waals surface area contributed by atoms with Crippen LogP contribution in [0.1, 0.15) is 34.3 Å². The highest BCUT2D eigenvalue weighted by atomic mass is 35.5. The zero-order valence-corrected chi connectivity index (χ0v) is 32.7. The van der Waals surface area contributed by atoms with E-state index >= 15 is 0 Å². The maximum absolute atomic E-state index is 13.7. The minimum absolute atomic E-state index is 0.0328. The summed E-state index contributed by atoms with van der Waals surface area (Å²) in [6, 6.07) is 29.9. The van der Waals surface area contributed by atoms with Crippen LogP contribution in [0, 0.1) is 16.3 Å². The highest BCUT2D eigenvalue weighted by molar-refractivity contribution is 7.90. The molecule has 2 heterocycles. The van der Waals surface area contributed by atoms with Gasteiger partial charge < -0.3 is 46.4 Å². The van der Waals surface area contributed by atoms with E-state index in [2.05, 4.69) is 38.1 Å². The lowest BCUT2D eigenvalue weighted by Crippen LogP contribution is -2.96. The van der Waals surface area contributed by atoms with Gasteiger partial charge in [-0.1, -0.05) is 48.0 Å². The Hall–Kier alpha value is -5.19. The summed E-state index contributed by atoms with van der Waals surface area (Å²) in [5.41, 5.74) is 5.92. The van der Waals surface area contributed by atoms with E-state index in [1.54, 1.807) is 18.2 Å². The molecule has 2 aliphatic heterocycles. The van der Waals surface area contributed by atoms with Gasteiger partial charge in [0.05, 0.1) is 16.1 Å². The summed E-state index contributed by atoms with van der Waals surface area (Å²) in [5.74, 6) is -0.0488. The Labute approximate surface area is 336 Å². The third kappa shape index (κ3) is 10.2. The summed E-state index contributed by atoms with van der Waals surface area (Å²) in [6.07, 6.45) is 2.48. The summed E-state index contributed by atoms with van der Waals surface area (Å²) < 4.78 is 40.8. The minimum atomic E-state index is -4.52. The van der Waals surface area contributed by atoms with E-state index < -0.39 is 26.1 Å². The van der Waals surface area contributed by atoms with Crippen molar-refractivity contribution in [1.82, 2.24) is 10.0 Å². The number of hydrogen-bond donors (Lipinski definition) is 6. The highest BCUT2D eigenvalue weighted by Crippen LogP contribution is 2.33. The first-order valence-corrected chi connectivity index (χ1v) is 20.7. The predicted octanol–water partition coefficient (Wildman–Crippen LogP) is 6.44. The Kier molecular flexibility index (Phi) is 12.9. The standard InChI is InChI=1S/C42H44ClN6O7S/c43-32-7-5-29(6-8-32)36-4-2-1-3-31(36)27-44-19-20-45-33-9-12-37(41(24-33)56-34-10-13-38-30(23-34)15-18-46-38)42(50)48-57(53,54)35-11-14-39(40(25-35)49(51)52)47-26-28-16-21-55-22-17-28/h1-14,23-25,28,44-47,49H,15-22,26-27H2,(H,48,50)/q-1. The van der Waals surface area contributed by atoms with Gasteiger partial charge in [-0.15, -0.1) is 0 Å². The van der Waals surface area contributed by atoms with Crippen LogP contribution in [-0.2, 0) is 27.7 Å². The SMILES string of the molecule is O=C(NS(=O)(=O)c1ccc(NCC2CCOCC2)c([NH+]([O-])[O-])c1)c1ccc(NCCNCc2ccccc2-c2ccc(Cl)cc2)cc1Oc1ccc2c(c1)CCN2. The molecular weight excluding hydrogens is 768 g/mol. The molecule has 0 aliphatic carbocycles. The lowest BCUT2D eigenvalue weighted by Gasteiger charge is -2.29. The lowest BCUT2D eigenvalue weighted by atomic mass is 10.00. The van der Waals surface area contributed by atoms with E-state index in [0.29, 0.717) is 55.9 Å². The van der Waals surface area contributed by atoms with Crippen molar-refractivity contribution < 1.29 is 27.9 Å². The molecule has 13 nitrogen and oxygen atoms in total. The molecule has 0 radical (unpaired) electrons. The van der Waals surface area contributed by atoms with E-state index in [-0.39, 0.29) is 28.6 Å². The van der Waals surface area contributed by atoms with Gasteiger partial charge in [0.1, 0.15) is 11.5 Å². The second-order valence-electron chi connectivity index (χ2n) is 13.9. The summed E-state index contributed by atoms with van der Waals surface area (Å²) in [7, 11) is -4.52. The van der Waals surface area contributed by atoms with Crippen LogP contribution in [0.5, 0.6) is 11.5 Å². The van der Waals surface area contributed by atoms with Crippen LogP contribution in [0.25, 0.3) is 11.1 Å². The van der Waals surface area contributed by atoms with Gasteiger partial charge in [-0.3, -0.25) is 4.79 Å². The van der Waals surface area contributed by atoms with Gasteiger partial charge in [0.15, 0.2) is 5.69 Å². The van der Waals surface area contributed by atoms with Gasteiger partial charge in [-0.2, -0.15) is 0 Å². The van der Waals surface area contributed by atoms with Crippen molar-refractivity contribution >= 4 is 50.3 Å². The lowest BCUT2D eigenvalue weighted by molar-refractivity contribution is -0.714. The zero-order valence-electron chi connectivity index (χ0n) is 31.1. The Morgan fingerprint density at radius 3 is 2.53 bits per heavy atom. The van der Waals surface area contributed by atoms with Gasteiger partial charge in [0, 0.05) is 74.5 Å². The molecule has 1 saturated heterocycles. The molecule has 2 aliphatic rings. The number of amides is 1. The topological polar surface area (TPSA) is 180 Å². The summed E-state index contributed by atoms with van der Waals surface area (Å²) in [6.45, 7) is 4.35. The minimum Gasteiger partial charge on any atom is -0.628 e. The smallest absolute Gasteiger partial charge is 0.268 e. The van der Waals surface area contributed by atoms with Gasteiger partial charge in [-0.05, 0) is 102 Å². The van der Waals surface area contributed by atoms with Crippen LogP contribution >= 0.6 is 11.6 Å². The second-order valence-corrected chi connectivity index (χ2v) is 16.1. The molecule has 15 heteroatoms. The number of sulfonamides is 1. The summed E-state index contributed by atoms with van der Waals surface area (Å²) in [5, 5.41) is 36.5. The van der Waals surface area contributed by atoms with Crippen molar-refractivity contribution in [2.24, 2.45) is 5.92 Å². The number of anilines is 3. The van der Waals surface area contributed by atoms with Crippen molar-refractivity contribution in [3.05, 3.63) is 135 Å². The average molecular weight is 812 g/mol. The molecular formula is C42H44ClN6O7S-. The first kappa shape index (κ1) is 40.0. The maximum atomic E-state index is 13.7. The number of carbonyl (C=O) groups is 1.